The van der Waals surface area contributed by atoms with Crippen LogP contribution < -0.4 is 4.90 Å². The first-order chi connectivity index (χ1) is 12.7. The summed E-state index contributed by atoms with van der Waals surface area (Å²) < 4.78 is 79.0. The minimum Gasteiger partial charge on any atom is -0.369 e. The Balaban J connectivity index is 2.57. The standard InChI is InChI=1S/C18H21F6NO2S/c1-4-12-9-25(15(26)7-10(2)3)13-6-5-11(8-14(13)28-12)16(27,17(19,20)21)18(22,23)24/h5-6,8,10,12,27H,4,7,9H2,1-3H3/t12-/m0/s1. The molecule has 0 radical (unpaired) electrons. The summed E-state index contributed by atoms with van der Waals surface area (Å²) in [6.45, 7) is 5.82. The van der Waals surface area contributed by atoms with E-state index in [9.17, 15) is 36.2 Å². The summed E-state index contributed by atoms with van der Waals surface area (Å²) in [5, 5.41) is 9.46. The molecule has 1 aliphatic heterocycles. The first-order valence-electron chi connectivity index (χ1n) is 8.69. The van der Waals surface area contributed by atoms with Crippen molar-refractivity contribution in [1.29, 1.82) is 0 Å². The second kappa shape index (κ2) is 7.78. The van der Waals surface area contributed by atoms with E-state index in [-0.39, 0.29) is 34.1 Å². The third kappa shape index (κ3) is 4.12. The average molecular weight is 429 g/mol. The molecule has 0 aromatic heterocycles. The monoisotopic (exact) mass is 429 g/mol. The first-order valence-corrected chi connectivity index (χ1v) is 9.57. The molecule has 3 nitrogen and oxygen atoms in total. The largest absolute Gasteiger partial charge is 0.430 e. The van der Waals surface area contributed by atoms with Gasteiger partial charge in [-0.1, -0.05) is 26.8 Å². The van der Waals surface area contributed by atoms with Gasteiger partial charge in [-0.05, 0) is 24.5 Å². The summed E-state index contributed by atoms with van der Waals surface area (Å²) in [5.74, 6) is -0.199. The molecule has 1 heterocycles. The Labute approximate surface area is 163 Å². The summed E-state index contributed by atoms with van der Waals surface area (Å²) in [4.78, 5) is 14.1. The molecule has 1 aromatic rings. The molecule has 0 fully saturated rings. The molecule has 1 atom stereocenters. The molecular formula is C18H21F6NO2S. The van der Waals surface area contributed by atoms with Crippen LogP contribution in [-0.2, 0) is 10.4 Å². The number of carbonyl (C=O) groups is 1. The maximum absolute atomic E-state index is 13.2. The molecule has 0 unspecified atom stereocenters. The number of nitrogens with zero attached hydrogens (tertiary/aromatic N) is 1. The van der Waals surface area contributed by atoms with Crippen LogP contribution in [0.4, 0.5) is 32.0 Å². The topological polar surface area (TPSA) is 40.5 Å². The third-order valence-corrected chi connectivity index (χ3v) is 5.90. The van der Waals surface area contributed by atoms with Crippen molar-refractivity contribution in [2.45, 2.75) is 61.7 Å². The first kappa shape index (κ1) is 22.9. The summed E-state index contributed by atoms with van der Waals surface area (Å²) in [6, 6.07) is 2.32. The van der Waals surface area contributed by atoms with Crippen LogP contribution in [0.1, 0.15) is 39.2 Å². The van der Waals surface area contributed by atoms with Crippen LogP contribution in [0.3, 0.4) is 0 Å². The van der Waals surface area contributed by atoms with E-state index < -0.39 is 23.5 Å². The van der Waals surface area contributed by atoms with Gasteiger partial charge in [0.2, 0.25) is 5.91 Å². The maximum Gasteiger partial charge on any atom is 0.430 e. The van der Waals surface area contributed by atoms with Crippen molar-refractivity contribution in [3.05, 3.63) is 23.8 Å². The molecule has 0 bridgehead atoms. The van der Waals surface area contributed by atoms with Crippen LogP contribution in [0.15, 0.2) is 23.1 Å². The van der Waals surface area contributed by atoms with E-state index in [1.165, 1.54) is 4.90 Å². The number of halogens is 6. The van der Waals surface area contributed by atoms with Crippen molar-refractivity contribution in [2.24, 2.45) is 5.92 Å². The Hall–Kier alpha value is -1.42. The van der Waals surface area contributed by atoms with Gasteiger partial charge < -0.3 is 10.0 Å². The minimum absolute atomic E-state index is 0.0467. The number of alkyl halides is 6. The number of carbonyl (C=O) groups excluding carboxylic acids is 1. The van der Waals surface area contributed by atoms with Crippen molar-refractivity contribution in [3.8, 4) is 0 Å². The molecule has 10 heteroatoms. The summed E-state index contributed by atoms with van der Waals surface area (Å²) >= 11 is 1.11. The Morgan fingerprint density at radius 1 is 1.21 bits per heavy atom. The quantitative estimate of drug-likeness (QED) is 0.664. The van der Waals surface area contributed by atoms with Crippen molar-refractivity contribution in [2.75, 3.05) is 11.4 Å². The number of benzene rings is 1. The zero-order valence-electron chi connectivity index (χ0n) is 15.5. The van der Waals surface area contributed by atoms with Gasteiger partial charge in [0.15, 0.2) is 0 Å². The van der Waals surface area contributed by atoms with E-state index in [4.69, 9.17) is 0 Å². The van der Waals surface area contributed by atoms with Crippen molar-refractivity contribution in [3.63, 3.8) is 0 Å². The van der Waals surface area contributed by atoms with Gasteiger partial charge in [0.05, 0.1) is 5.69 Å². The fraction of sp³-hybridized carbons (Fsp3) is 0.611. The number of aliphatic hydroxyl groups is 1. The molecule has 158 valence electrons. The average Bonchev–Trinajstić information content (AvgIpc) is 2.56. The van der Waals surface area contributed by atoms with Crippen molar-refractivity contribution < 1.29 is 36.2 Å². The minimum atomic E-state index is -5.95. The second-order valence-electron chi connectivity index (χ2n) is 7.14. The van der Waals surface area contributed by atoms with Crippen molar-refractivity contribution in [1.82, 2.24) is 0 Å². The molecular weight excluding hydrogens is 408 g/mol. The highest BCUT2D eigenvalue weighted by Crippen LogP contribution is 2.52. The Morgan fingerprint density at radius 3 is 2.25 bits per heavy atom. The number of hydrogen-bond acceptors (Lipinski definition) is 3. The van der Waals surface area contributed by atoms with E-state index in [1.54, 1.807) is 0 Å². The lowest BCUT2D eigenvalue weighted by atomic mass is 9.92. The number of hydrogen-bond donors (Lipinski definition) is 1. The van der Waals surface area contributed by atoms with Gasteiger partial charge in [0.1, 0.15) is 0 Å². The lowest BCUT2D eigenvalue weighted by molar-refractivity contribution is -0.376. The highest BCUT2D eigenvalue weighted by atomic mass is 32.2. The van der Waals surface area contributed by atoms with Crippen LogP contribution in [0, 0.1) is 5.92 Å². The highest BCUT2D eigenvalue weighted by Gasteiger charge is 2.71. The number of anilines is 1. The molecule has 1 aliphatic rings. The zero-order valence-corrected chi connectivity index (χ0v) is 16.3. The smallest absolute Gasteiger partial charge is 0.369 e. The summed E-state index contributed by atoms with van der Waals surface area (Å²) in [5.41, 5.74) is -6.04. The highest BCUT2D eigenvalue weighted by molar-refractivity contribution is 8.00. The SMILES string of the molecule is CC[C@H]1CN(C(=O)CC(C)C)c2ccc(C(O)(C(F)(F)F)C(F)(F)F)cc2S1. The normalized spacial score (nSPS) is 18.4. The third-order valence-electron chi connectivity index (χ3n) is 4.51. The maximum atomic E-state index is 13.2. The van der Waals surface area contributed by atoms with E-state index >= 15 is 0 Å². The Kier molecular flexibility index (Phi) is 6.35. The Morgan fingerprint density at radius 2 is 1.79 bits per heavy atom. The zero-order chi connectivity index (χ0) is 21.5. The van der Waals surface area contributed by atoms with E-state index in [0.717, 1.165) is 17.8 Å². The Bertz CT molecular complexity index is 718. The lowest BCUT2D eigenvalue weighted by Gasteiger charge is -2.37. The van der Waals surface area contributed by atoms with Gasteiger partial charge in [0, 0.05) is 28.7 Å². The molecule has 28 heavy (non-hydrogen) atoms. The van der Waals surface area contributed by atoms with Crippen LogP contribution >= 0.6 is 11.8 Å². The van der Waals surface area contributed by atoms with E-state index in [1.807, 2.05) is 20.8 Å². The van der Waals surface area contributed by atoms with Crippen LogP contribution in [0.2, 0.25) is 0 Å². The number of thioether (sulfide) groups is 1. The summed E-state index contributed by atoms with van der Waals surface area (Å²) in [7, 11) is 0. The van der Waals surface area contributed by atoms with Gasteiger partial charge >= 0.3 is 12.4 Å². The van der Waals surface area contributed by atoms with E-state index in [2.05, 4.69) is 0 Å². The molecule has 1 amide bonds. The number of amides is 1. The predicted octanol–water partition coefficient (Wildman–Crippen LogP) is 5.26. The van der Waals surface area contributed by atoms with Crippen LogP contribution in [0.25, 0.3) is 0 Å². The van der Waals surface area contributed by atoms with Gasteiger partial charge in [0.25, 0.3) is 5.60 Å². The summed E-state index contributed by atoms with van der Waals surface area (Å²) in [6.07, 6.45) is -11.1. The number of rotatable bonds is 4. The molecule has 0 saturated carbocycles. The predicted molar refractivity (Wildman–Crippen MR) is 94.2 cm³/mol. The fourth-order valence-electron chi connectivity index (χ4n) is 2.97. The molecule has 0 spiro atoms. The van der Waals surface area contributed by atoms with Crippen LogP contribution in [-0.4, -0.2) is 35.2 Å². The van der Waals surface area contributed by atoms with E-state index in [0.29, 0.717) is 25.1 Å². The van der Waals surface area contributed by atoms with Gasteiger partial charge in [-0.25, -0.2) is 0 Å². The number of fused-ring (bicyclic) bond motifs is 1. The fourth-order valence-corrected chi connectivity index (χ4v) is 4.21. The molecule has 0 aliphatic carbocycles. The lowest BCUT2D eigenvalue weighted by Crippen LogP contribution is -2.54. The van der Waals surface area contributed by atoms with Gasteiger partial charge in [-0.15, -0.1) is 11.8 Å². The van der Waals surface area contributed by atoms with Crippen molar-refractivity contribution >= 4 is 23.4 Å². The molecule has 0 saturated heterocycles. The molecule has 1 N–H and O–H groups in total. The molecule has 1 aromatic carbocycles. The van der Waals surface area contributed by atoms with Crippen LogP contribution in [0.5, 0.6) is 0 Å². The van der Waals surface area contributed by atoms with Gasteiger partial charge in [-0.3, -0.25) is 4.79 Å². The van der Waals surface area contributed by atoms with Gasteiger partial charge in [-0.2, -0.15) is 26.3 Å². The second-order valence-corrected chi connectivity index (χ2v) is 8.48. The molecule has 2 rings (SSSR count).